The molecule has 0 unspecified atom stereocenters. The Morgan fingerprint density at radius 3 is 2.41 bits per heavy atom. The highest BCUT2D eigenvalue weighted by Gasteiger charge is 1.96. The van der Waals surface area contributed by atoms with Gasteiger partial charge in [-0.3, -0.25) is 9.78 Å². The molecule has 0 amide bonds. The van der Waals surface area contributed by atoms with E-state index in [1.165, 1.54) is 0 Å². The SMILES string of the molecule is CC(=O)c1ccc(/C=C/c2ccccn2)cc1. The third kappa shape index (κ3) is 3.11. The third-order valence-corrected chi connectivity index (χ3v) is 2.45. The number of carbonyl (C=O) groups excluding carboxylic acids is 1. The van der Waals surface area contributed by atoms with E-state index >= 15 is 0 Å². The molecule has 0 aliphatic heterocycles. The molecule has 0 saturated heterocycles. The van der Waals surface area contributed by atoms with Gasteiger partial charge in [0.25, 0.3) is 0 Å². The van der Waals surface area contributed by atoms with E-state index in [2.05, 4.69) is 4.98 Å². The quantitative estimate of drug-likeness (QED) is 0.746. The monoisotopic (exact) mass is 223 g/mol. The van der Waals surface area contributed by atoms with Crippen molar-refractivity contribution in [1.29, 1.82) is 0 Å². The van der Waals surface area contributed by atoms with Crippen LogP contribution in [-0.2, 0) is 0 Å². The first kappa shape index (κ1) is 11.3. The van der Waals surface area contributed by atoms with Crippen LogP contribution in [0.15, 0.2) is 48.7 Å². The van der Waals surface area contributed by atoms with Crippen molar-refractivity contribution in [2.24, 2.45) is 0 Å². The number of hydrogen-bond donors (Lipinski definition) is 0. The number of aromatic nitrogens is 1. The van der Waals surface area contributed by atoms with Crippen molar-refractivity contribution in [3.05, 3.63) is 65.5 Å². The Morgan fingerprint density at radius 2 is 1.82 bits per heavy atom. The van der Waals surface area contributed by atoms with Gasteiger partial charge in [0, 0.05) is 11.8 Å². The van der Waals surface area contributed by atoms with Crippen molar-refractivity contribution in [3.8, 4) is 0 Å². The number of nitrogens with zero attached hydrogens (tertiary/aromatic N) is 1. The lowest BCUT2D eigenvalue weighted by Crippen LogP contribution is -1.90. The molecule has 2 rings (SSSR count). The lowest BCUT2D eigenvalue weighted by Gasteiger charge is -1.96. The molecule has 84 valence electrons. The first-order valence-electron chi connectivity index (χ1n) is 5.46. The molecule has 0 fully saturated rings. The van der Waals surface area contributed by atoms with Crippen molar-refractivity contribution in [3.63, 3.8) is 0 Å². The summed E-state index contributed by atoms with van der Waals surface area (Å²) in [6.45, 7) is 1.57. The molecule has 1 aromatic heterocycles. The zero-order valence-electron chi connectivity index (χ0n) is 9.63. The highest BCUT2D eigenvalue weighted by atomic mass is 16.1. The van der Waals surface area contributed by atoms with E-state index in [1.807, 2.05) is 54.6 Å². The van der Waals surface area contributed by atoms with Crippen LogP contribution >= 0.6 is 0 Å². The minimum atomic E-state index is 0.0882. The Hall–Kier alpha value is -2.22. The van der Waals surface area contributed by atoms with Crippen LogP contribution in [-0.4, -0.2) is 10.8 Å². The van der Waals surface area contributed by atoms with E-state index < -0.39 is 0 Å². The van der Waals surface area contributed by atoms with Gasteiger partial charge in [-0.1, -0.05) is 36.4 Å². The number of ketones is 1. The minimum Gasteiger partial charge on any atom is -0.295 e. The van der Waals surface area contributed by atoms with Gasteiger partial charge in [0.1, 0.15) is 0 Å². The van der Waals surface area contributed by atoms with Gasteiger partial charge in [-0.15, -0.1) is 0 Å². The Balaban J connectivity index is 2.14. The molecule has 0 aliphatic carbocycles. The summed E-state index contributed by atoms with van der Waals surface area (Å²) < 4.78 is 0. The summed E-state index contributed by atoms with van der Waals surface area (Å²) in [7, 11) is 0. The zero-order chi connectivity index (χ0) is 12.1. The summed E-state index contributed by atoms with van der Waals surface area (Å²) >= 11 is 0. The second-order valence-electron chi connectivity index (χ2n) is 3.77. The fourth-order valence-electron chi connectivity index (χ4n) is 1.49. The largest absolute Gasteiger partial charge is 0.295 e. The van der Waals surface area contributed by atoms with Gasteiger partial charge in [-0.05, 0) is 30.7 Å². The third-order valence-electron chi connectivity index (χ3n) is 2.45. The molecule has 17 heavy (non-hydrogen) atoms. The van der Waals surface area contributed by atoms with Gasteiger partial charge in [0.05, 0.1) is 5.69 Å². The van der Waals surface area contributed by atoms with E-state index in [9.17, 15) is 4.79 Å². The number of Topliss-reactive ketones (excluding diaryl/α,β-unsaturated/α-hetero) is 1. The molecule has 0 N–H and O–H groups in total. The van der Waals surface area contributed by atoms with Crippen LogP contribution in [0.2, 0.25) is 0 Å². The fraction of sp³-hybridized carbons (Fsp3) is 0.0667. The van der Waals surface area contributed by atoms with E-state index in [0.717, 1.165) is 16.8 Å². The molecule has 0 spiro atoms. The van der Waals surface area contributed by atoms with Crippen LogP contribution < -0.4 is 0 Å². The van der Waals surface area contributed by atoms with Crippen LogP contribution in [0.3, 0.4) is 0 Å². The molecule has 2 aromatic rings. The number of rotatable bonds is 3. The normalized spacial score (nSPS) is 10.6. The van der Waals surface area contributed by atoms with Crippen molar-refractivity contribution >= 4 is 17.9 Å². The van der Waals surface area contributed by atoms with Gasteiger partial charge in [-0.2, -0.15) is 0 Å². The maximum Gasteiger partial charge on any atom is 0.159 e. The summed E-state index contributed by atoms with van der Waals surface area (Å²) in [5, 5.41) is 0. The Bertz CT molecular complexity index is 527. The van der Waals surface area contributed by atoms with Crippen molar-refractivity contribution in [2.75, 3.05) is 0 Å². The number of benzene rings is 1. The van der Waals surface area contributed by atoms with Crippen LogP contribution in [0.1, 0.15) is 28.5 Å². The molecule has 0 atom stereocenters. The maximum absolute atomic E-state index is 11.1. The van der Waals surface area contributed by atoms with Crippen LogP contribution in [0.4, 0.5) is 0 Å². The molecule has 2 heteroatoms. The van der Waals surface area contributed by atoms with E-state index in [-0.39, 0.29) is 5.78 Å². The molecule has 1 aromatic carbocycles. The summed E-state index contributed by atoms with van der Waals surface area (Å²) in [5.74, 6) is 0.0882. The summed E-state index contributed by atoms with van der Waals surface area (Å²) in [6.07, 6.45) is 5.69. The number of hydrogen-bond acceptors (Lipinski definition) is 2. The lowest BCUT2D eigenvalue weighted by atomic mass is 10.1. The first-order chi connectivity index (χ1) is 8.25. The van der Waals surface area contributed by atoms with Gasteiger partial charge < -0.3 is 0 Å². The Labute approximate surface area is 101 Å². The van der Waals surface area contributed by atoms with Crippen LogP contribution in [0.5, 0.6) is 0 Å². The highest BCUT2D eigenvalue weighted by Crippen LogP contribution is 2.08. The Kier molecular flexibility index (Phi) is 3.46. The predicted molar refractivity (Wildman–Crippen MR) is 69.6 cm³/mol. The summed E-state index contributed by atoms with van der Waals surface area (Å²) in [5.41, 5.74) is 2.71. The molecule has 0 aliphatic rings. The van der Waals surface area contributed by atoms with Gasteiger partial charge >= 0.3 is 0 Å². The Morgan fingerprint density at radius 1 is 1.06 bits per heavy atom. The molecular weight excluding hydrogens is 210 g/mol. The smallest absolute Gasteiger partial charge is 0.159 e. The topological polar surface area (TPSA) is 30.0 Å². The second kappa shape index (κ2) is 5.21. The molecule has 2 nitrogen and oxygen atoms in total. The molecule has 0 saturated carbocycles. The highest BCUT2D eigenvalue weighted by molar-refractivity contribution is 5.94. The molecule has 0 radical (unpaired) electrons. The average Bonchev–Trinajstić information content (AvgIpc) is 2.38. The fourth-order valence-corrected chi connectivity index (χ4v) is 1.49. The van der Waals surface area contributed by atoms with Crippen molar-refractivity contribution < 1.29 is 4.79 Å². The van der Waals surface area contributed by atoms with E-state index in [0.29, 0.717) is 0 Å². The standard InChI is InChI=1S/C15H13NO/c1-12(17)14-8-5-13(6-9-14)7-10-15-4-2-3-11-16-15/h2-11H,1H3/b10-7+. The average molecular weight is 223 g/mol. The minimum absolute atomic E-state index is 0.0882. The van der Waals surface area contributed by atoms with Crippen molar-refractivity contribution in [2.45, 2.75) is 6.92 Å². The van der Waals surface area contributed by atoms with Crippen molar-refractivity contribution in [1.82, 2.24) is 4.98 Å². The van der Waals surface area contributed by atoms with E-state index in [1.54, 1.807) is 13.1 Å². The second-order valence-corrected chi connectivity index (χ2v) is 3.77. The maximum atomic E-state index is 11.1. The van der Waals surface area contributed by atoms with Gasteiger partial charge in [0.2, 0.25) is 0 Å². The number of carbonyl (C=O) groups is 1. The van der Waals surface area contributed by atoms with E-state index in [4.69, 9.17) is 0 Å². The molecule has 0 bridgehead atoms. The zero-order valence-corrected chi connectivity index (χ0v) is 9.63. The number of pyridine rings is 1. The van der Waals surface area contributed by atoms with Gasteiger partial charge in [-0.25, -0.2) is 0 Å². The summed E-state index contributed by atoms with van der Waals surface area (Å²) in [6, 6.07) is 13.3. The van der Waals surface area contributed by atoms with Gasteiger partial charge in [0.15, 0.2) is 5.78 Å². The lowest BCUT2D eigenvalue weighted by molar-refractivity contribution is 0.101. The summed E-state index contributed by atoms with van der Waals surface area (Å²) in [4.78, 5) is 15.3. The molecular formula is C15H13NO. The predicted octanol–water partition coefficient (Wildman–Crippen LogP) is 3.45. The van der Waals surface area contributed by atoms with Crippen LogP contribution in [0, 0.1) is 0 Å². The molecule has 1 heterocycles. The first-order valence-corrected chi connectivity index (χ1v) is 5.46. The van der Waals surface area contributed by atoms with Crippen LogP contribution in [0.25, 0.3) is 12.2 Å².